The molecular weight excluding hydrogens is 373 g/mol. The summed E-state index contributed by atoms with van der Waals surface area (Å²) in [6, 6.07) is 8.18. The Morgan fingerprint density at radius 3 is 2.30 bits per heavy atom. The molecule has 0 spiro atoms. The molecule has 0 radical (unpaired) electrons. The van der Waals surface area contributed by atoms with Gasteiger partial charge in [0.05, 0.1) is 21.3 Å². The minimum absolute atomic E-state index is 0.322. The largest absolute Gasteiger partial charge is 0.493 e. The molecule has 0 aliphatic heterocycles. The lowest BCUT2D eigenvalue weighted by Crippen LogP contribution is -2.32. The second-order valence-corrected chi connectivity index (χ2v) is 5.90. The zero-order valence-electron chi connectivity index (χ0n) is 15.7. The van der Waals surface area contributed by atoms with E-state index >= 15 is 0 Å². The summed E-state index contributed by atoms with van der Waals surface area (Å²) in [6.07, 6.45) is 0.418. The number of hydrogen-bond donors (Lipinski definition) is 2. The molecule has 0 bridgehead atoms. The Morgan fingerprint density at radius 2 is 1.78 bits per heavy atom. The van der Waals surface area contributed by atoms with Gasteiger partial charge in [0.1, 0.15) is 5.82 Å². The summed E-state index contributed by atoms with van der Waals surface area (Å²) < 4.78 is 29.8. The van der Waals surface area contributed by atoms with Crippen molar-refractivity contribution in [1.82, 2.24) is 5.32 Å². The SMILES string of the molecule is CN=C(NCCc1c(F)cccc1Cl)Nc1cc(OC)c(OC)c(OC)c1. The van der Waals surface area contributed by atoms with Crippen LogP contribution in [-0.2, 0) is 6.42 Å². The third kappa shape index (κ3) is 5.17. The lowest BCUT2D eigenvalue weighted by atomic mass is 10.1. The molecular formula is C19H23ClFN3O3. The molecule has 0 aliphatic rings. The first kappa shape index (κ1) is 20.6. The molecule has 0 saturated carbocycles. The van der Waals surface area contributed by atoms with Crippen LogP contribution in [0.25, 0.3) is 0 Å². The molecule has 0 amide bonds. The van der Waals surface area contributed by atoms with E-state index in [1.54, 1.807) is 52.6 Å². The standard InChI is InChI=1S/C19H23ClFN3O3/c1-22-19(23-9-8-13-14(20)6-5-7-15(13)21)24-12-10-16(25-2)18(27-4)17(11-12)26-3/h5-7,10-11H,8-9H2,1-4H3,(H2,22,23,24). The highest BCUT2D eigenvalue weighted by atomic mass is 35.5. The maximum atomic E-state index is 13.8. The second kappa shape index (κ2) is 9.87. The Labute approximate surface area is 163 Å². The fraction of sp³-hybridized carbons (Fsp3) is 0.316. The third-order valence-electron chi connectivity index (χ3n) is 3.88. The molecule has 8 heteroatoms. The fourth-order valence-electron chi connectivity index (χ4n) is 2.55. The first-order valence-corrected chi connectivity index (χ1v) is 8.62. The number of benzene rings is 2. The van der Waals surface area contributed by atoms with E-state index in [1.165, 1.54) is 6.07 Å². The van der Waals surface area contributed by atoms with Crippen LogP contribution in [0.4, 0.5) is 10.1 Å². The number of guanidine groups is 1. The maximum Gasteiger partial charge on any atom is 0.203 e. The van der Waals surface area contributed by atoms with E-state index in [0.717, 1.165) is 0 Å². The van der Waals surface area contributed by atoms with E-state index in [2.05, 4.69) is 15.6 Å². The van der Waals surface area contributed by atoms with Gasteiger partial charge in [0.15, 0.2) is 17.5 Å². The number of hydrogen-bond acceptors (Lipinski definition) is 4. The number of anilines is 1. The van der Waals surface area contributed by atoms with Crippen molar-refractivity contribution in [1.29, 1.82) is 0 Å². The number of nitrogens with one attached hydrogen (secondary N) is 2. The highest BCUT2D eigenvalue weighted by molar-refractivity contribution is 6.31. The van der Waals surface area contributed by atoms with Gasteiger partial charge >= 0.3 is 0 Å². The molecule has 2 N–H and O–H groups in total. The summed E-state index contributed by atoms with van der Waals surface area (Å²) in [6.45, 7) is 0.449. The number of nitrogens with zero attached hydrogens (tertiary/aromatic N) is 1. The van der Waals surface area contributed by atoms with Gasteiger partial charge in [0.2, 0.25) is 5.75 Å². The molecule has 146 valence electrons. The van der Waals surface area contributed by atoms with E-state index in [9.17, 15) is 4.39 Å². The molecule has 27 heavy (non-hydrogen) atoms. The summed E-state index contributed by atoms with van der Waals surface area (Å²) in [4.78, 5) is 4.17. The number of halogens is 2. The topological polar surface area (TPSA) is 64.1 Å². The van der Waals surface area contributed by atoms with Gasteiger partial charge in [-0.3, -0.25) is 4.99 Å². The van der Waals surface area contributed by atoms with Crippen LogP contribution in [0.3, 0.4) is 0 Å². The molecule has 0 aliphatic carbocycles. The lowest BCUT2D eigenvalue weighted by molar-refractivity contribution is 0.324. The summed E-state index contributed by atoms with van der Waals surface area (Å²) in [5.41, 5.74) is 1.16. The van der Waals surface area contributed by atoms with Crippen molar-refractivity contribution < 1.29 is 18.6 Å². The number of methoxy groups -OCH3 is 3. The van der Waals surface area contributed by atoms with Gasteiger partial charge in [-0.25, -0.2) is 4.39 Å². The molecule has 0 heterocycles. The van der Waals surface area contributed by atoms with Gasteiger partial charge in [-0.15, -0.1) is 0 Å². The van der Waals surface area contributed by atoms with Crippen molar-refractivity contribution >= 4 is 23.2 Å². The third-order valence-corrected chi connectivity index (χ3v) is 4.23. The average Bonchev–Trinajstić information content (AvgIpc) is 2.68. The maximum absolute atomic E-state index is 13.8. The van der Waals surface area contributed by atoms with Crippen LogP contribution in [0.5, 0.6) is 17.2 Å². The van der Waals surface area contributed by atoms with Gasteiger partial charge in [-0.05, 0) is 18.6 Å². The zero-order valence-corrected chi connectivity index (χ0v) is 16.5. The van der Waals surface area contributed by atoms with E-state index in [4.69, 9.17) is 25.8 Å². The minimum atomic E-state index is -0.322. The van der Waals surface area contributed by atoms with Crippen molar-refractivity contribution in [2.75, 3.05) is 40.2 Å². The molecule has 2 aromatic carbocycles. The highest BCUT2D eigenvalue weighted by Crippen LogP contribution is 2.39. The summed E-state index contributed by atoms with van der Waals surface area (Å²) >= 11 is 6.05. The highest BCUT2D eigenvalue weighted by Gasteiger charge is 2.14. The smallest absolute Gasteiger partial charge is 0.203 e. The summed E-state index contributed by atoms with van der Waals surface area (Å²) in [5, 5.41) is 6.67. The van der Waals surface area contributed by atoms with Gasteiger partial charge < -0.3 is 24.8 Å². The predicted octanol–water partition coefficient (Wildman–Crippen LogP) is 3.73. The van der Waals surface area contributed by atoms with E-state index < -0.39 is 0 Å². The Morgan fingerprint density at radius 1 is 1.11 bits per heavy atom. The van der Waals surface area contributed by atoms with Gasteiger partial charge in [-0.2, -0.15) is 0 Å². The average molecular weight is 396 g/mol. The Hall–Kier alpha value is -2.67. The van der Waals surface area contributed by atoms with Gasteiger partial charge in [0, 0.05) is 42.0 Å². The van der Waals surface area contributed by atoms with Crippen molar-refractivity contribution in [3.8, 4) is 17.2 Å². The summed E-state index contributed by atoms with van der Waals surface area (Å²) in [5.74, 6) is 1.73. The summed E-state index contributed by atoms with van der Waals surface area (Å²) in [7, 11) is 6.28. The molecule has 0 aromatic heterocycles. The quantitative estimate of drug-likeness (QED) is 0.552. The molecule has 6 nitrogen and oxygen atoms in total. The molecule has 2 aromatic rings. The van der Waals surface area contributed by atoms with Crippen LogP contribution < -0.4 is 24.8 Å². The normalized spacial score (nSPS) is 11.1. The molecule has 0 unspecified atom stereocenters. The van der Waals surface area contributed by atoms with Gasteiger partial charge in [0.25, 0.3) is 0 Å². The van der Waals surface area contributed by atoms with Crippen LogP contribution >= 0.6 is 11.6 Å². The number of rotatable bonds is 7. The first-order chi connectivity index (χ1) is 13.0. The monoisotopic (exact) mass is 395 g/mol. The zero-order chi connectivity index (χ0) is 19.8. The Kier molecular flexibility index (Phi) is 7.55. The van der Waals surface area contributed by atoms with Crippen molar-refractivity contribution in [3.63, 3.8) is 0 Å². The number of aliphatic imine (C=N–C) groups is 1. The Balaban J connectivity index is 2.07. The molecule has 0 saturated heterocycles. The van der Waals surface area contributed by atoms with E-state index in [0.29, 0.717) is 52.4 Å². The van der Waals surface area contributed by atoms with Crippen LogP contribution in [0, 0.1) is 5.82 Å². The van der Waals surface area contributed by atoms with Crippen LogP contribution in [0.2, 0.25) is 5.02 Å². The lowest BCUT2D eigenvalue weighted by Gasteiger charge is -2.16. The first-order valence-electron chi connectivity index (χ1n) is 8.24. The second-order valence-electron chi connectivity index (χ2n) is 5.49. The molecule has 0 fully saturated rings. The molecule has 2 rings (SSSR count). The molecule has 0 atom stereocenters. The predicted molar refractivity (Wildman–Crippen MR) is 106 cm³/mol. The number of ether oxygens (including phenoxy) is 3. The van der Waals surface area contributed by atoms with Crippen LogP contribution in [-0.4, -0.2) is 40.9 Å². The Bertz CT molecular complexity index is 770. The van der Waals surface area contributed by atoms with Crippen molar-refractivity contribution in [2.45, 2.75) is 6.42 Å². The van der Waals surface area contributed by atoms with Crippen molar-refractivity contribution in [2.24, 2.45) is 4.99 Å². The van der Waals surface area contributed by atoms with Gasteiger partial charge in [-0.1, -0.05) is 17.7 Å². The van der Waals surface area contributed by atoms with E-state index in [-0.39, 0.29) is 5.82 Å². The van der Waals surface area contributed by atoms with Crippen LogP contribution in [0.15, 0.2) is 35.3 Å². The van der Waals surface area contributed by atoms with E-state index in [1.807, 2.05) is 0 Å². The fourth-order valence-corrected chi connectivity index (χ4v) is 2.80. The minimum Gasteiger partial charge on any atom is -0.493 e. The van der Waals surface area contributed by atoms with Crippen LogP contribution in [0.1, 0.15) is 5.56 Å². The van der Waals surface area contributed by atoms with Crippen molar-refractivity contribution in [3.05, 3.63) is 46.7 Å².